The number of nitrogens with zero attached hydrogens (tertiary/aromatic N) is 3. The first kappa shape index (κ1) is 17.8. The number of likely N-dealkylation sites (tertiary alicyclic amines) is 1. The number of hydrogen-bond acceptors (Lipinski definition) is 5. The summed E-state index contributed by atoms with van der Waals surface area (Å²) in [5.41, 5.74) is 3.53. The van der Waals surface area contributed by atoms with E-state index in [2.05, 4.69) is 46.2 Å². The quantitative estimate of drug-likeness (QED) is 0.760. The van der Waals surface area contributed by atoms with E-state index in [1.807, 2.05) is 0 Å². The van der Waals surface area contributed by atoms with Crippen molar-refractivity contribution in [1.82, 2.24) is 15.0 Å². The molecule has 3 aromatic rings. The lowest BCUT2D eigenvalue weighted by Crippen LogP contribution is -2.24. The Morgan fingerprint density at radius 2 is 1.96 bits per heavy atom. The van der Waals surface area contributed by atoms with E-state index in [0.717, 1.165) is 0 Å². The summed E-state index contributed by atoms with van der Waals surface area (Å²) >= 11 is 0. The minimum Gasteiger partial charge on any atom is -0.392 e. The van der Waals surface area contributed by atoms with Gasteiger partial charge in [0, 0.05) is 18.7 Å². The van der Waals surface area contributed by atoms with Gasteiger partial charge in [0.1, 0.15) is 5.82 Å². The molecule has 0 saturated carbocycles. The SMILES string of the molecule is Cc1ccc(CN2C[C@H](O)C[C@H]2c2nc(-c3ccc(C)c(F)c3)no2)cc1. The molecule has 1 aliphatic heterocycles. The summed E-state index contributed by atoms with van der Waals surface area (Å²) in [6.45, 7) is 5.01. The Bertz CT molecular complexity index is 939. The first-order chi connectivity index (χ1) is 13.0. The molecule has 0 spiro atoms. The van der Waals surface area contributed by atoms with Crippen LogP contribution in [0.3, 0.4) is 0 Å². The Morgan fingerprint density at radius 3 is 2.70 bits per heavy atom. The molecule has 2 atom stereocenters. The van der Waals surface area contributed by atoms with Crippen molar-refractivity contribution in [3.8, 4) is 11.4 Å². The molecule has 1 aliphatic rings. The number of benzene rings is 2. The minimum atomic E-state index is -0.437. The summed E-state index contributed by atoms with van der Waals surface area (Å²) in [5, 5.41) is 14.2. The van der Waals surface area contributed by atoms with Crippen LogP contribution < -0.4 is 0 Å². The summed E-state index contributed by atoms with van der Waals surface area (Å²) in [5.74, 6) is 0.520. The summed E-state index contributed by atoms with van der Waals surface area (Å²) in [6, 6.07) is 13.1. The molecule has 2 aromatic carbocycles. The Labute approximate surface area is 157 Å². The van der Waals surface area contributed by atoms with E-state index in [4.69, 9.17) is 4.52 Å². The third-order valence-electron chi connectivity index (χ3n) is 5.04. The second-order valence-electron chi connectivity index (χ2n) is 7.24. The van der Waals surface area contributed by atoms with Gasteiger partial charge in [0.2, 0.25) is 11.7 Å². The summed E-state index contributed by atoms with van der Waals surface area (Å²) < 4.78 is 19.3. The average Bonchev–Trinajstić information content (AvgIpc) is 3.26. The second kappa shape index (κ2) is 7.21. The van der Waals surface area contributed by atoms with Gasteiger partial charge in [0.15, 0.2) is 0 Å². The molecule has 0 unspecified atom stereocenters. The number of hydrogen-bond donors (Lipinski definition) is 1. The fourth-order valence-corrected chi connectivity index (χ4v) is 3.46. The molecule has 140 valence electrons. The number of rotatable bonds is 4. The summed E-state index contributed by atoms with van der Waals surface area (Å²) in [4.78, 5) is 6.62. The number of aliphatic hydroxyl groups excluding tert-OH is 1. The molecule has 6 heteroatoms. The van der Waals surface area contributed by atoms with Gasteiger partial charge in [-0.05, 0) is 37.5 Å². The molecule has 5 nitrogen and oxygen atoms in total. The van der Waals surface area contributed by atoms with Crippen LogP contribution in [0.4, 0.5) is 4.39 Å². The van der Waals surface area contributed by atoms with E-state index in [0.29, 0.717) is 42.4 Å². The molecule has 1 fully saturated rings. The number of aliphatic hydroxyl groups is 1. The van der Waals surface area contributed by atoms with Crippen LogP contribution in [0.1, 0.15) is 35.0 Å². The van der Waals surface area contributed by atoms with Crippen LogP contribution in [-0.4, -0.2) is 32.8 Å². The van der Waals surface area contributed by atoms with Crippen molar-refractivity contribution in [2.45, 2.75) is 39.0 Å². The highest BCUT2D eigenvalue weighted by Crippen LogP contribution is 2.33. The molecule has 27 heavy (non-hydrogen) atoms. The van der Waals surface area contributed by atoms with Gasteiger partial charge < -0.3 is 9.63 Å². The lowest BCUT2D eigenvalue weighted by Gasteiger charge is -2.21. The van der Waals surface area contributed by atoms with Crippen molar-refractivity contribution < 1.29 is 14.0 Å². The van der Waals surface area contributed by atoms with Crippen LogP contribution in [0.5, 0.6) is 0 Å². The summed E-state index contributed by atoms with van der Waals surface area (Å²) in [7, 11) is 0. The number of β-amino-alcohol motifs (C(OH)–C–C–N with tert-alkyl or cyclic N) is 1. The maximum Gasteiger partial charge on any atom is 0.244 e. The lowest BCUT2D eigenvalue weighted by molar-refractivity contribution is 0.169. The molecular weight excluding hydrogens is 345 g/mol. The number of aryl methyl sites for hydroxylation is 2. The second-order valence-corrected chi connectivity index (χ2v) is 7.24. The standard InChI is InChI=1S/C21H22FN3O2/c1-13-3-6-15(7-4-13)11-25-12-17(26)10-19(25)21-23-20(24-27-21)16-8-5-14(2)18(22)9-16/h3-9,17,19,26H,10-12H2,1-2H3/t17-,19+/m1/s1. The van der Waals surface area contributed by atoms with Crippen molar-refractivity contribution >= 4 is 0 Å². The van der Waals surface area contributed by atoms with Crippen molar-refractivity contribution in [2.24, 2.45) is 0 Å². The molecule has 2 heterocycles. The lowest BCUT2D eigenvalue weighted by atomic mass is 10.1. The zero-order valence-corrected chi connectivity index (χ0v) is 15.4. The fourth-order valence-electron chi connectivity index (χ4n) is 3.46. The monoisotopic (exact) mass is 367 g/mol. The van der Waals surface area contributed by atoms with E-state index >= 15 is 0 Å². The highest BCUT2D eigenvalue weighted by Gasteiger charge is 2.35. The highest BCUT2D eigenvalue weighted by atomic mass is 19.1. The molecule has 0 amide bonds. The third-order valence-corrected chi connectivity index (χ3v) is 5.04. The predicted octanol–water partition coefficient (Wildman–Crippen LogP) is 3.80. The van der Waals surface area contributed by atoms with Crippen molar-refractivity contribution in [1.29, 1.82) is 0 Å². The van der Waals surface area contributed by atoms with Crippen LogP contribution in [0.25, 0.3) is 11.4 Å². The molecule has 4 rings (SSSR count). The minimum absolute atomic E-state index is 0.155. The van der Waals surface area contributed by atoms with E-state index < -0.39 is 6.10 Å². The van der Waals surface area contributed by atoms with Gasteiger partial charge in [-0.3, -0.25) is 4.90 Å². The summed E-state index contributed by atoms with van der Waals surface area (Å²) in [6.07, 6.45) is 0.100. The van der Waals surface area contributed by atoms with Gasteiger partial charge in [0.25, 0.3) is 0 Å². The van der Waals surface area contributed by atoms with E-state index in [-0.39, 0.29) is 11.9 Å². The largest absolute Gasteiger partial charge is 0.392 e. The molecule has 1 saturated heterocycles. The molecule has 1 N–H and O–H groups in total. The Kier molecular flexibility index (Phi) is 4.76. The van der Waals surface area contributed by atoms with E-state index in [9.17, 15) is 9.50 Å². The van der Waals surface area contributed by atoms with Crippen molar-refractivity contribution in [3.63, 3.8) is 0 Å². The zero-order chi connectivity index (χ0) is 19.0. The normalized spacial score (nSPS) is 20.3. The van der Waals surface area contributed by atoms with Crippen LogP contribution in [0.15, 0.2) is 47.0 Å². The Morgan fingerprint density at radius 1 is 1.19 bits per heavy atom. The van der Waals surface area contributed by atoms with Crippen LogP contribution >= 0.6 is 0 Å². The molecule has 0 aliphatic carbocycles. The predicted molar refractivity (Wildman–Crippen MR) is 99.4 cm³/mol. The van der Waals surface area contributed by atoms with Crippen molar-refractivity contribution in [2.75, 3.05) is 6.54 Å². The molecular formula is C21H22FN3O2. The van der Waals surface area contributed by atoms with Gasteiger partial charge in [-0.1, -0.05) is 47.1 Å². The smallest absolute Gasteiger partial charge is 0.244 e. The van der Waals surface area contributed by atoms with Gasteiger partial charge in [-0.2, -0.15) is 4.98 Å². The molecule has 0 radical (unpaired) electrons. The average molecular weight is 367 g/mol. The number of halogens is 1. The zero-order valence-electron chi connectivity index (χ0n) is 15.4. The van der Waals surface area contributed by atoms with E-state index in [1.165, 1.54) is 17.2 Å². The van der Waals surface area contributed by atoms with Crippen LogP contribution in [0.2, 0.25) is 0 Å². The Balaban J connectivity index is 1.56. The first-order valence-electron chi connectivity index (χ1n) is 9.07. The number of aromatic nitrogens is 2. The topological polar surface area (TPSA) is 62.4 Å². The van der Waals surface area contributed by atoms with Gasteiger partial charge in [0.05, 0.1) is 12.1 Å². The third kappa shape index (κ3) is 3.77. The van der Waals surface area contributed by atoms with E-state index in [1.54, 1.807) is 19.1 Å². The van der Waals surface area contributed by atoms with Gasteiger partial charge in [-0.15, -0.1) is 0 Å². The van der Waals surface area contributed by atoms with Gasteiger partial charge in [-0.25, -0.2) is 4.39 Å². The first-order valence-corrected chi connectivity index (χ1v) is 9.07. The van der Waals surface area contributed by atoms with Crippen LogP contribution in [-0.2, 0) is 6.54 Å². The molecule has 0 bridgehead atoms. The van der Waals surface area contributed by atoms with Crippen molar-refractivity contribution in [3.05, 3.63) is 70.9 Å². The van der Waals surface area contributed by atoms with Crippen LogP contribution in [0, 0.1) is 19.7 Å². The molecule has 1 aromatic heterocycles. The maximum absolute atomic E-state index is 13.8. The highest BCUT2D eigenvalue weighted by molar-refractivity contribution is 5.55. The Hall–Kier alpha value is -2.57. The fraction of sp³-hybridized carbons (Fsp3) is 0.333. The van der Waals surface area contributed by atoms with Gasteiger partial charge >= 0.3 is 0 Å². The maximum atomic E-state index is 13.8.